The van der Waals surface area contributed by atoms with E-state index in [9.17, 15) is 4.79 Å². The standard InChI is InChI=1S/C14H22N2O2/c1-5-16(10(3)4)12-9-7-8-11(13(12)15)14(17)18-6-2/h7-10H,5-6,15H2,1-4H3. The topological polar surface area (TPSA) is 55.6 Å². The van der Waals surface area contributed by atoms with E-state index in [1.165, 1.54) is 0 Å². The molecular weight excluding hydrogens is 228 g/mol. The van der Waals surface area contributed by atoms with Gasteiger partial charge in [-0.05, 0) is 39.8 Å². The van der Waals surface area contributed by atoms with Gasteiger partial charge < -0.3 is 15.4 Å². The molecular formula is C14H22N2O2. The average Bonchev–Trinajstić information content (AvgIpc) is 2.32. The van der Waals surface area contributed by atoms with Gasteiger partial charge in [0.25, 0.3) is 0 Å². The summed E-state index contributed by atoms with van der Waals surface area (Å²) in [5.41, 5.74) is 7.90. The minimum atomic E-state index is -0.364. The van der Waals surface area contributed by atoms with Crippen LogP contribution in [-0.4, -0.2) is 25.2 Å². The van der Waals surface area contributed by atoms with Crippen LogP contribution in [0.2, 0.25) is 0 Å². The van der Waals surface area contributed by atoms with Gasteiger partial charge in [0.15, 0.2) is 0 Å². The zero-order valence-electron chi connectivity index (χ0n) is 11.6. The number of nitrogens with zero attached hydrogens (tertiary/aromatic N) is 1. The van der Waals surface area contributed by atoms with E-state index in [1.54, 1.807) is 13.0 Å². The highest BCUT2D eigenvalue weighted by molar-refractivity contribution is 5.98. The number of carbonyl (C=O) groups is 1. The molecule has 0 bridgehead atoms. The molecule has 0 atom stereocenters. The molecule has 0 spiro atoms. The van der Waals surface area contributed by atoms with Crippen molar-refractivity contribution in [2.45, 2.75) is 33.7 Å². The Kier molecular flexibility index (Phi) is 5.01. The minimum absolute atomic E-state index is 0.328. The van der Waals surface area contributed by atoms with Crippen LogP contribution >= 0.6 is 0 Å². The predicted molar refractivity (Wildman–Crippen MR) is 75.0 cm³/mol. The van der Waals surface area contributed by atoms with Crippen molar-refractivity contribution in [3.8, 4) is 0 Å². The molecule has 4 nitrogen and oxygen atoms in total. The lowest BCUT2D eigenvalue weighted by atomic mass is 10.1. The third kappa shape index (κ3) is 2.94. The van der Waals surface area contributed by atoms with Gasteiger partial charge in [-0.25, -0.2) is 4.79 Å². The van der Waals surface area contributed by atoms with Crippen LogP contribution in [0.1, 0.15) is 38.1 Å². The molecule has 0 heterocycles. The number of para-hydroxylation sites is 1. The molecule has 0 aromatic heterocycles. The summed E-state index contributed by atoms with van der Waals surface area (Å²) in [5.74, 6) is -0.364. The summed E-state index contributed by atoms with van der Waals surface area (Å²) >= 11 is 0. The van der Waals surface area contributed by atoms with E-state index in [0.29, 0.717) is 23.9 Å². The lowest BCUT2D eigenvalue weighted by molar-refractivity contribution is 0.0527. The Bertz CT molecular complexity index is 416. The Morgan fingerprint density at radius 1 is 1.39 bits per heavy atom. The van der Waals surface area contributed by atoms with E-state index < -0.39 is 0 Å². The van der Waals surface area contributed by atoms with E-state index in [-0.39, 0.29) is 5.97 Å². The minimum Gasteiger partial charge on any atom is -0.462 e. The third-order valence-corrected chi connectivity index (χ3v) is 2.85. The fourth-order valence-electron chi connectivity index (χ4n) is 2.00. The number of hydrogen-bond acceptors (Lipinski definition) is 4. The molecule has 0 radical (unpaired) electrons. The van der Waals surface area contributed by atoms with Crippen molar-refractivity contribution in [1.82, 2.24) is 0 Å². The van der Waals surface area contributed by atoms with Crippen molar-refractivity contribution in [2.75, 3.05) is 23.8 Å². The van der Waals surface area contributed by atoms with Crippen LogP contribution < -0.4 is 10.6 Å². The van der Waals surface area contributed by atoms with Gasteiger partial charge in [-0.15, -0.1) is 0 Å². The van der Waals surface area contributed by atoms with E-state index in [4.69, 9.17) is 10.5 Å². The van der Waals surface area contributed by atoms with Gasteiger partial charge >= 0.3 is 5.97 Å². The molecule has 0 unspecified atom stereocenters. The van der Waals surface area contributed by atoms with E-state index in [2.05, 4.69) is 25.7 Å². The first-order chi connectivity index (χ1) is 8.52. The summed E-state index contributed by atoms with van der Waals surface area (Å²) in [4.78, 5) is 13.9. The Morgan fingerprint density at radius 2 is 2.06 bits per heavy atom. The number of ether oxygens (including phenoxy) is 1. The van der Waals surface area contributed by atoms with Crippen molar-refractivity contribution in [3.05, 3.63) is 23.8 Å². The van der Waals surface area contributed by atoms with Crippen LogP contribution in [0.25, 0.3) is 0 Å². The summed E-state index contributed by atoms with van der Waals surface area (Å²) < 4.78 is 5.00. The van der Waals surface area contributed by atoms with Crippen LogP contribution in [0.15, 0.2) is 18.2 Å². The average molecular weight is 250 g/mol. The molecule has 0 fully saturated rings. The summed E-state index contributed by atoms with van der Waals surface area (Å²) in [6.45, 7) is 9.24. The normalized spacial score (nSPS) is 10.5. The zero-order chi connectivity index (χ0) is 13.7. The maximum absolute atomic E-state index is 11.8. The van der Waals surface area contributed by atoms with Crippen LogP contribution in [0, 0.1) is 0 Å². The summed E-state index contributed by atoms with van der Waals surface area (Å²) in [7, 11) is 0. The van der Waals surface area contributed by atoms with Crippen molar-refractivity contribution < 1.29 is 9.53 Å². The lowest BCUT2D eigenvalue weighted by Gasteiger charge is -2.29. The molecule has 1 rings (SSSR count). The van der Waals surface area contributed by atoms with Crippen LogP contribution in [0.3, 0.4) is 0 Å². The fraction of sp³-hybridized carbons (Fsp3) is 0.500. The van der Waals surface area contributed by atoms with E-state index in [0.717, 1.165) is 12.2 Å². The van der Waals surface area contributed by atoms with Gasteiger partial charge in [0.2, 0.25) is 0 Å². The van der Waals surface area contributed by atoms with Crippen molar-refractivity contribution >= 4 is 17.3 Å². The number of nitrogen functional groups attached to an aromatic ring is 1. The molecule has 0 aliphatic rings. The van der Waals surface area contributed by atoms with Crippen molar-refractivity contribution in [3.63, 3.8) is 0 Å². The summed E-state index contributed by atoms with van der Waals surface area (Å²) in [6.07, 6.45) is 0. The SMILES string of the molecule is CCOC(=O)c1cccc(N(CC)C(C)C)c1N. The molecule has 0 amide bonds. The molecule has 0 saturated heterocycles. The van der Waals surface area contributed by atoms with Gasteiger partial charge in [0.05, 0.1) is 23.5 Å². The number of esters is 1. The fourth-order valence-corrected chi connectivity index (χ4v) is 2.00. The Balaban J connectivity index is 3.16. The number of anilines is 2. The smallest absolute Gasteiger partial charge is 0.340 e. The summed E-state index contributed by atoms with van der Waals surface area (Å²) in [6, 6.07) is 5.80. The third-order valence-electron chi connectivity index (χ3n) is 2.85. The number of nitrogens with two attached hydrogens (primary N) is 1. The first-order valence-corrected chi connectivity index (χ1v) is 6.35. The molecule has 2 N–H and O–H groups in total. The monoisotopic (exact) mass is 250 g/mol. The molecule has 1 aromatic carbocycles. The highest BCUT2D eigenvalue weighted by Crippen LogP contribution is 2.28. The Morgan fingerprint density at radius 3 is 2.56 bits per heavy atom. The molecule has 1 aromatic rings. The number of carbonyl (C=O) groups excluding carboxylic acids is 1. The van der Waals surface area contributed by atoms with Gasteiger partial charge in [0.1, 0.15) is 0 Å². The quantitative estimate of drug-likeness (QED) is 0.645. The molecule has 0 aliphatic heterocycles. The second-order valence-corrected chi connectivity index (χ2v) is 4.34. The highest BCUT2D eigenvalue weighted by atomic mass is 16.5. The van der Waals surface area contributed by atoms with Crippen LogP contribution in [-0.2, 0) is 4.74 Å². The molecule has 4 heteroatoms. The predicted octanol–water partition coefficient (Wildman–Crippen LogP) is 2.68. The van der Waals surface area contributed by atoms with Crippen molar-refractivity contribution in [1.29, 1.82) is 0 Å². The Labute approximate surface area is 109 Å². The maximum atomic E-state index is 11.8. The van der Waals surface area contributed by atoms with E-state index >= 15 is 0 Å². The first-order valence-electron chi connectivity index (χ1n) is 6.35. The second kappa shape index (κ2) is 6.28. The number of hydrogen-bond donors (Lipinski definition) is 1. The van der Waals surface area contributed by atoms with Crippen LogP contribution in [0.5, 0.6) is 0 Å². The van der Waals surface area contributed by atoms with E-state index in [1.807, 2.05) is 12.1 Å². The largest absolute Gasteiger partial charge is 0.462 e. The first kappa shape index (κ1) is 14.4. The highest BCUT2D eigenvalue weighted by Gasteiger charge is 2.17. The molecule has 18 heavy (non-hydrogen) atoms. The maximum Gasteiger partial charge on any atom is 0.340 e. The molecule has 100 valence electrons. The van der Waals surface area contributed by atoms with Crippen LogP contribution in [0.4, 0.5) is 11.4 Å². The second-order valence-electron chi connectivity index (χ2n) is 4.34. The Hall–Kier alpha value is -1.71. The zero-order valence-corrected chi connectivity index (χ0v) is 11.6. The molecule has 0 aliphatic carbocycles. The van der Waals surface area contributed by atoms with Gasteiger partial charge in [0, 0.05) is 12.6 Å². The van der Waals surface area contributed by atoms with Gasteiger partial charge in [-0.3, -0.25) is 0 Å². The number of benzene rings is 1. The van der Waals surface area contributed by atoms with Gasteiger partial charge in [-0.1, -0.05) is 6.07 Å². The summed E-state index contributed by atoms with van der Waals surface area (Å²) in [5, 5.41) is 0. The molecule has 0 saturated carbocycles. The van der Waals surface area contributed by atoms with Crippen molar-refractivity contribution in [2.24, 2.45) is 0 Å². The van der Waals surface area contributed by atoms with Gasteiger partial charge in [-0.2, -0.15) is 0 Å². The lowest BCUT2D eigenvalue weighted by Crippen LogP contribution is -2.31. The number of rotatable bonds is 5.